The Morgan fingerprint density at radius 2 is 2.19 bits per heavy atom. The Morgan fingerprint density at radius 3 is 2.75 bits per heavy atom. The molecule has 0 bridgehead atoms. The Kier molecular flexibility index (Phi) is 4.05. The standard InChI is InChI=1S/C12H13Br2NO/c1-15-12(11-3-2-6-16-11)9-5-4-8(13)7-10(9)14/h3-5,7,12,15H,2,6H2,1H3. The number of likely N-dealkylation sites (N-methyl/N-ethyl adjacent to an activating group) is 1. The maximum Gasteiger partial charge on any atom is 0.114 e. The summed E-state index contributed by atoms with van der Waals surface area (Å²) in [5.41, 5.74) is 1.19. The molecule has 0 aromatic heterocycles. The van der Waals surface area contributed by atoms with Crippen LogP contribution in [0.2, 0.25) is 0 Å². The van der Waals surface area contributed by atoms with E-state index in [1.54, 1.807) is 0 Å². The lowest BCUT2D eigenvalue weighted by Crippen LogP contribution is -2.19. The molecule has 1 aliphatic rings. The summed E-state index contributed by atoms with van der Waals surface area (Å²) in [7, 11) is 1.95. The van der Waals surface area contributed by atoms with E-state index < -0.39 is 0 Å². The van der Waals surface area contributed by atoms with E-state index in [4.69, 9.17) is 4.74 Å². The van der Waals surface area contributed by atoms with Gasteiger partial charge >= 0.3 is 0 Å². The SMILES string of the molecule is CNC(C1=CCCO1)c1ccc(Br)cc1Br. The molecule has 2 nitrogen and oxygen atoms in total. The Bertz CT molecular complexity index is 417. The number of halogens is 2. The number of hydrogen-bond acceptors (Lipinski definition) is 2. The summed E-state index contributed by atoms with van der Waals surface area (Å²) in [5, 5.41) is 3.28. The topological polar surface area (TPSA) is 21.3 Å². The zero-order valence-electron chi connectivity index (χ0n) is 8.97. The van der Waals surface area contributed by atoms with Crippen molar-refractivity contribution in [2.75, 3.05) is 13.7 Å². The monoisotopic (exact) mass is 345 g/mol. The van der Waals surface area contributed by atoms with Gasteiger partial charge in [-0.3, -0.25) is 0 Å². The van der Waals surface area contributed by atoms with Crippen molar-refractivity contribution < 1.29 is 4.74 Å². The third-order valence-electron chi connectivity index (χ3n) is 2.58. The van der Waals surface area contributed by atoms with Gasteiger partial charge in [-0.05, 0) is 30.8 Å². The molecule has 1 aliphatic heterocycles. The van der Waals surface area contributed by atoms with Crippen LogP contribution in [0.1, 0.15) is 18.0 Å². The largest absolute Gasteiger partial charge is 0.496 e. The highest BCUT2D eigenvalue weighted by Gasteiger charge is 2.21. The van der Waals surface area contributed by atoms with Crippen molar-refractivity contribution in [2.24, 2.45) is 0 Å². The average Bonchev–Trinajstić information content (AvgIpc) is 2.75. The first kappa shape index (κ1) is 12.1. The maximum absolute atomic E-state index is 5.61. The minimum atomic E-state index is 0.130. The minimum absolute atomic E-state index is 0.130. The third-order valence-corrected chi connectivity index (χ3v) is 3.76. The summed E-state index contributed by atoms with van der Waals surface area (Å²) in [5.74, 6) is 1.02. The molecule has 0 saturated heterocycles. The van der Waals surface area contributed by atoms with Crippen molar-refractivity contribution in [1.29, 1.82) is 0 Å². The molecule has 1 aromatic rings. The van der Waals surface area contributed by atoms with E-state index in [2.05, 4.69) is 55.4 Å². The van der Waals surface area contributed by atoms with E-state index in [9.17, 15) is 0 Å². The van der Waals surface area contributed by atoms with Crippen molar-refractivity contribution in [1.82, 2.24) is 5.32 Å². The molecular formula is C12H13Br2NO. The molecule has 0 amide bonds. The van der Waals surface area contributed by atoms with Crippen LogP contribution in [-0.2, 0) is 4.74 Å². The lowest BCUT2D eigenvalue weighted by molar-refractivity contribution is 0.218. The highest BCUT2D eigenvalue weighted by Crippen LogP contribution is 2.32. The molecule has 1 unspecified atom stereocenters. The molecule has 2 rings (SSSR count). The van der Waals surface area contributed by atoms with Gasteiger partial charge in [0.2, 0.25) is 0 Å². The van der Waals surface area contributed by atoms with Gasteiger partial charge in [0.15, 0.2) is 0 Å². The average molecular weight is 347 g/mol. The first-order chi connectivity index (χ1) is 7.72. The Balaban J connectivity index is 2.32. The zero-order valence-corrected chi connectivity index (χ0v) is 12.1. The summed E-state index contributed by atoms with van der Waals surface area (Å²) in [6.45, 7) is 0.793. The van der Waals surface area contributed by atoms with E-state index in [0.717, 1.165) is 27.7 Å². The van der Waals surface area contributed by atoms with Crippen molar-refractivity contribution in [3.8, 4) is 0 Å². The number of hydrogen-bond donors (Lipinski definition) is 1. The van der Waals surface area contributed by atoms with Gasteiger partial charge in [-0.1, -0.05) is 37.9 Å². The van der Waals surface area contributed by atoms with Crippen LogP contribution in [0.4, 0.5) is 0 Å². The summed E-state index contributed by atoms with van der Waals surface area (Å²) in [6.07, 6.45) is 3.15. The molecule has 0 saturated carbocycles. The fourth-order valence-corrected chi connectivity index (χ4v) is 3.10. The van der Waals surface area contributed by atoms with E-state index in [1.807, 2.05) is 13.1 Å². The number of nitrogens with one attached hydrogen (secondary N) is 1. The van der Waals surface area contributed by atoms with E-state index >= 15 is 0 Å². The van der Waals surface area contributed by atoms with E-state index in [0.29, 0.717) is 0 Å². The Hall–Kier alpha value is -0.320. The number of ether oxygens (including phenoxy) is 1. The van der Waals surface area contributed by atoms with Crippen LogP contribution in [0.15, 0.2) is 39.0 Å². The second-order valence-electron chi connectivity index (χ2n) is 3.63. The molecule has 1 heterocycles. The summed E-state index contributed by atoms with van der Waals surface area (Å²) >= 11 is 7.04. The first-order valence-corrected chi connectivity index (χ1v) is 6.76. The fraction of sp³-hybridized carbons (Fsp3) is 0.333. The Labute approximate surface area is 112 Å². The molecule has 0 radical (unpaired) electrons. The third kappa shape index (κ3) is 2.50. The van der Waals surface area contributed by atoms with Crippen LogP contribution in [0.5, 0.6) is 0 Å². The van der Waals surface area contributed by atoms with E-state index in [1.165, 1.54) is 5.56 Å². The molecule has 0 fully saturated rings. The molecule has 86 valence electrons. The number of rotatable bonds is 3. The van der Waals surface area contributed by atoms with Gasteiger partial charge in [0.05, 0.1) is 12.6 Å². The Morgan fingerprint density at radius 1 is 1.38 bits per heavy atom. The molecule has 0 spiro atoms. The second kappa shape index (κ2) is 5.34. The van der Waals surface area contributed by atoms with Crippen LogP contribution >= 0.6 is 31.9 Å². The zero-order chi connectivity index (χ0) is 11.5. The second-order valence-corrected chi connectivity index (χ2v) is 5.40. The van der Waals surface area contributed by atoms with Gasteiger partial charge in [-0.15, -0.1) is 0 Å². The van der Waals surface area contributed by atoms with Gasteiger partial charge < -0.3 is 10.1 Å². The lowest BCUT2D eigenvalue weighted by atomic mass is 10.1. The van der Waals surface area contributed by atoms with Crippen molar-refractivity contribution in [2.45, 2.75) is 12.5 Å². The van der Waals surface area contributed by atoms with Crippen molar-refractivity contribution >= 4 is 31.9 Å². The quantitative estimate of drug-likeness (QED) is 0.899. The minimum Gasteiger partial charge on any atom is -0.496 e. The summed E-state index contributed by atoms with van der Waals surface area (Å²) in [4.78, 5) is 0. The summed E-state index contributed by atoms with van der Waals surface area (Å²) in [6, 6.07) is 6.32. The molecule has 4 heteroatoms. The van der Waals surface area contributed by atoms with Gasteiger partial charge in [0.1, 0.15) is 5.76 Å². The molecule has 16 heavy (non-hydrogen) atoms. The van der Waals surface area contributed by atoms with Gasteiger partial charge in [0, 0.05) is 15.4 Å². The van der Waals surface area contributed by atoms with Crippen LogP contribution in [0.25, 0.3) is 0 Å². The van der Waals surface area contributed by atoms with Crippen LogP contribution in [0, 0.1) is 0 Å². The normalized spacial score (nSPS) is 16.8. The molecule has 1 aromatic carbocycles. The van der Waals surface area contributed by atoms with Gasteiger partial charge in [-0.2, -0.15) is 0 Å². The molecule has 1 N–H and O–H groups in total. The lowest BCUT2D eigenvalue weighted by Gasteiger charge is -2.19. The fourth-order valence-electron chi connectivity index (χ4n) is 1.82. The predicted molar refractivity (Wildman–Crippen MR) is 72.3 cm³/mol. The summed E-state index contributed by atoms with van der Waals surface area (Å²) < 4.78 is 7.76. The van der Waals surface area contributed by atoms with Crippen LogP contribution in [0.3, 0.4) is 0 Å². The predicted octanol–water partition coefficient (Wildman–Crippen LogP) is 3.78. The van der Waals surface area contributed by atoms with Crippen molar-refractivity contribution in [3.63, 3.8) is 0 Å². The maximum atomic E-state index is 5.61. The van der Waals surface area contributed by atoms with Crippen molar-refractivity contribution in [3.05, 3.63) is 44.5 Å². The molecular weight excluding hydrogens is 334 g/mol. The highest BCUT2D eigenvalue weighted by atomic mass is 79.9. The molecule has 1 atom stereocenters. The number of benzene rings is 1. The van der Waals surface area contributed by atoms with Crippen LogP contribution in [-0.4, -0.2) is 13.7 Å². The van der Waals surface area contributed by atoms with Gasteiger partial charge in [0.25, 0.3) is 0 Å². The highest BCUT2D eigenvalue weighted by molar-refractivity contribution is 9.11. The van der Waals surface area contributed by atoms with Crippen LogP contribution < -0.4 is 5.32 Å². The molecule has 0 aliphatic carbocycles. The van der Waals surface area contributed by atoms with E-state index in [-0.39, 0.29) is 6.04 Å². The smallest absolute Gasteiger partial charge is 0.114 e. The van der Waals surface area contributed by atoms with Gasteiger partial charge in [-0.25, -0.2) is 0 Å². The first-order valence-electron chi connectivity index (χ1n) is 5.17.